The van der Waals surface area contributed by atoms with Crippen LogP contribution in [0.5, 0.6) is 5.75 Å². The second-order valence-electron chi connectivity index (χ2n) is 8.64. The van der Waals surface area contributed by atoms with E-state index in [4.69, 9.17) is 21.3 Å². The summed E-state index contributed by atoms with van der Waals surface area (Å²) in [6.45, 7) is 5.22. The maximum atomic E-state index is 6.26. The molecule has 3 fully saturated rings. The molecule has 4 aliphatic rings. The molecule has 0 spiro atoms. The van der Waals surface area contributed by atoms with Gasteiger partial charge in [-0.15, -0.1) is 0 Å². The minimum Gasteiger partial charge on any atom is -0.495 e. The number of methoxy groups -OCH3 is 1. The van der Waals surface area contributed by atoms with Gasteiger partial charge in [0.15, 0.2) is 6.29 Å². The number of hydrogen-bond acceptors (Lipinski definition) is 5. The van der Waals surface area contributed by atoms with Crippen LogP contribution in [0.15, 0.2) is 35.5 Å². The van der Waals surface area contributed by atoms with Gasteiger partial charge in [-0.3, -0.25) is 9.89 Å². The van der Waals surface area contributed by atoms with E-state index in [2.05, 4.69) is 32.7 Å². The average Bonchev–Trinajstić information content (AvgIpc) is 3.37. The second kappa shape index (κ2) is 8.17. The molecule has 0 bridgehead atoms. The maximum Gasteiger partial charge on any atom is 0.159 e. The first kappa shape index (κ1) is 19.2. The normalized spacial score (nSPS) is 31.0. The van der Waals surface area contributed by atoms with Crippen molar-refractivity contribution in [3.8, 4) is 5.75 Å². The molecule has 3 atom stereocenters. The first-order valence-corrected chi connectivity index (χ1v) is 11.1. The van der Waals surface area contributed by atoms with Crippen molar-refractivity contribution >= 4 is 17.4 Å². The molecule has 5 rings (SSSR count). The molecule has 7 heteroatoms. The van der Waals surface area contributed by atoms with E-state index in [0.29, 0.717) is 23.4 Å². The van der Waals surface area contributed by atoms with Gasteiger partial charge in [0, 0.05) is 25.3 Å². The molecule has 1 aromatic rings. The third kappa shape index (κ3) is 4.11. The molecule has 0 aromatic heterocycles. The van der Waals surface area contributed by atoms with Gasteiger partial charge in [-0.05, 0) is 68.0 Å². The number of amidine groups is 1. The summed E-state index contributed by atoms with van der Waals surface area (Å²) < 4.78 is 5.24. The van der Waals surface area contributed by atoms with Gasteiger partial charge < -0.3 is 20.3 Å². The van der Waals surface area contributed by atoms with Gasteiger partial charge in [0.05, 0.1) is 18.7 Å². The highest BCUT2D eigenvalue weighted by molar-refractivity contribution is 6.32. The topological polar surface area (TPSA) is 52.1 Å². The Kier molecular flexibility index (Phi) is 5.41. The van der Waals surface area contributed by atoms with E-state index in [-0.39, 0.29) is 6.29 Å². The second-order valence-corrected chi connectivity index (χ2v) is 9.05. The Balaban J connectivity index is 1.31. The standard InChI is InChI=1S/C22H30ClN5O/c1-29-20-3-2-15(10-19(20)23)12-25-21-6-9-28(18-4-7-24-8-5-18)22(26-21)27-13-16-11-17(16)14-27/h2-3,6,9-10,16-18,22,24H,4-5,7-8,11-14H2,1H3,(H,25,26). The Morgan fingerprint density at radius 3 is 2.72 bits per heavy atom. The Hall–Kier alpha value is -1.76. The molecule has 2 saturated heterocycles. The first-order valence-electron chi connectivity index (χ1n) is 10.7. The fourth-order valence-corrected chi connectivity index (χ4v) is 5.20. The van der Waals surface area contributed by atoms with E-state index in [9.17, 15) is 0 Å². The molecule has 3 aliphatic heterocycles. The highest BCUT2D eigenvalue weighted by Crippen LogP contribution is 2.45. The summed E-state index contributed by atoms with van der Waals surface area (Å²) in [5, 5.41) is 7.84. The maximum absolute atomic E-state index is 6.26. The number of aliphatic imine (C=N–C) groups is 1. The van der Waals surface area contributed by atoms with Crippen molar-refractivity contribution in [2.45, 2.75) is 38.1 Å². The SMILES string of the molecule is COc1ccc(CN=C2C=CN(C3CCNCC3)C(N3CC4CC4C3)N2)cc1Cl. The van der Waals surface area contributed by atoms with Crippen molar-refractivity contribution < 1.29 is 4.74 Å². The summed E-state index contributed by atoms with van der Waals surface area (Å²) in [5.74, 6) is 3.48. The molecular weight excluding hydrogens is 386 g/mol. The van der Waals surface area contributed by atoms with Crippen molar-refractivity contribution in [2.75, 3.05) is 33.3 Å². The quantitative estimate of drug-likeness (QED) is 0.774. The van der Waals surface area contributed by atoms with Gasteiger partial charge in [-0.2, -0.15) is 0 Å². The summed E-state index contributed by atoms with van der Waals surface area (Å²) in [4.78, 5) is 9.99. The number of likely N-dealkylation sites (tertiary alicyclic amines) is 1. The summed E-state index contributed by atoms with van der Waals surface area (Å²) in [7, 11) is 1.63. The van der Waals surface area contributed by atoms with Crippen molar-refractivity contribution in [3.63, 3.8) is 0 Å². The minimum atomic E-state index is 0.217. The smallest absolute Gasteiger partial charge is 0.159 e. The summed E-state index contributed by atoms with van der Waals surface area (Å²) in [6, 6.07) is 6.45. The predicted molar refractivity (Wildman–Crippen MR) is 116 cm³/mol. The van der Waals surface area contributed by atoms with Crippen LogP contribution in [0.1, 0.15) is 24.8 Å². The van der Waals surface area contributed by atoms with Gasteiger partial charge in [0.2, 0.25) is 0 Å². The lowest BCUT2D eigenvalue weighted by molar-refractivity contribution is 0.0331. The Labute approximate surface area is 177 Å². The van der Waals surface area contributed by atoms with Crippen LogP contribution in [0, 0.1) is 11.8 Å². The number of hydrogen-bond donors (Lipinski definition) is 2. The van der Waals surface area contributed by atoms with Crippen LogP contribution in [-0.4, -0.2) is 61.3 Å². The van der Waals surface area contributed by atoms with E-state index in [0.717, 1.165) is 36.3 Å². The van der Waals surface area contributed by atoms with E-state index >= 15 is 0 Å². The van der Waals surface area contributed by atoms with Crippen LogP contribution in [-0.2, 0) is 6.54 Å². The number of piperidine rings is 2. The van der Waals surface area contributed by atoms with Crippen molar-refractivity contribution in [1.82, 2.24) is 20.4 Å². The van der Waals surface area contributed by atoms with Gasteiger partial charge in [0.1, 0.15) is 11.6 Å². The molecular formula is C22H30ClN5O. The zero-order valence-electron chi connectivity index (χ0n) is 17.0. The lowest BCUT2D eigenvalue weighted by atomic mass is 10.0. The zero-order valence-corrected chi connectivity index (χ0v) is 17.7. The largest absolute Gasteiger partial charge is 0.495 e. The fraction of sp³-hybridized carbons (Fsp3) is 0.591. The van der Waals surface area contributed by atoms with Crippen LogP contribution in [0.2, 0.25) is 5.02 Å². The number of ether oxygens (including phenoxy) is 1. The van der Waals surface area contributed by atoms with Crippen LogP contribution >= 0.6 is 11.6 Å². The van der Waals surface area contributed by atoms with Crippen molar-refractivity contribution in [1.29, 1.82) is 0 Å². The Morgan fingerprint density at radius 2 is 2.00 bits per heavy atom. The number of halogens is 1. The lowest BCUT2D eigenvalue weighted by Gasteiger charge is -2.46. The van der Waals surface area contributed by atoms with Crippen molar-refractivity contribution in [3.05, 3.63) is 41.1 Å². The van der Waals surface area contributed by atoms with Gasteiger partial charge >= 0.3 is 0 Å². The highest BCUT2D eigenvalue weighted by atomic mass is 35.5. The van der Waals surface area contributed by atoms with Crippen LogP contribution in [0.25, 0.3) is 0 Å². The minimum absolute atomic E-state index is 0.217. The third-order valence-electron chi connectivity index (χ3n) is 6.70. The molecule has 0 amide bonds. The molecule has 1 aromatic carbocycles. The molecule has 0 radical (unpaired) electrons. The zero-order chi connectivity index (χ0) is 19.8. The third-order valence-corrected chi connectivity index (χ3v) is 6.99. The van der Waals surface area contributed by atoms with Gasteiger partial charge in [0.25, 0.3) is 0 Å². The molecule has 6 nitrogen and oxygen atoms in total. The molecule has 156 valence electrons. The van der Waals surface area contributed by atoms with E-state index in [1.54, 1.807) is 7.11 Å². The van der Waals surface area contributed by atoms with Gasteiger partial charge in [-0.25, -0.2) is 0 Å². The van der Waals surface area contributed by atoms with Crippen molar-refractivity contribution in [2.24, 2.45) is 16.8 Å². The molecule has 2 N–H and O–H groups in total. The predicted octanol–water partition coefficient (Wildman–Crippen LogP) is 2.65. The van der Waals surface area contributed by atoms with Crippen LogP contribution in [0.4, 0.5) is 0 Å². The lowest BCUT2D eigenvalue weighted by Crippen LogP contribution is -2.61. The first-order chi connectivity index (χ1) is 14.2. The number of fused-ring (bicyclic) bond motifs is 1. The Morgan fingerprint density at radius 1 is 1.21 bits per heavy atom. The molecule has 3 unspecified atom stereocenters. The highest BCUT2D eigenvalue weighted by Gasteiger charge is 2.48. The van der Waals surface area contributed by atoms with Gasteiger partial charge in [-0.1, -0.05) is 17.7 Å². The molecule has 1 saturated carbocycles. The number of benzene rings is 1. The van der Waals surface area contributed by atoms with Crippen LogP contribution < -0.4 is 15.4 Å². The molecule has 3 heterocycles. The number of nitrogens with one attached hydrogen (secondary N) is 2. The number of rotatable bonds is 5. The summed E-state index contributed by atoms with van der Waals surface area (Å²) in [6.07, 6.45) is 8.42. The van der Waals surface area contributed by atoms with Crippen LogP contribution in [0.3, 0.4) is 0 Å². The molecule has 1 aliphatic carbocycles. The monoisotopic (exact) mass is 415 g/mol. The molecule has 29 heavy (non-hydrogen) atoms. The Bertz CT molecular complexity index is 796. The average molecular weight is 416 g/mol. The van der Waals surface area contributed by atoms with E-state index in [1.165, 1.54) is 32.4 Å². The number of nitrogens with zero attached hydrogens (tertiary/aromatic N) is 3. The summed E-state index contributed by atoms with van der Waals surface area (Å²) in [5.41, 5.74) is 1.08. The summed E-state index contributed by atoms with van der Waals surface area (Å²) >= 11 is 6.26. The fourth-order valence-electron chi connectivity index (χ4n) is 4.92. The van der Waals surface area contributed by atoms with E-state index < -0.39 is 0 Å². The van der Waals surface area contributed by atoms with E-state index in [1.807, 2.05) is 18.2 Å².